The predicted octanol–water partition coefficient (Wildman–Crippen LogP) is 6.01. The van der Waals surface area contributed by atoms with Gasteiger partial charge in [-0.2, -0.15) is 0 Å². The zero-order valence-electron chi connectivity index (χ0n) is 17.8. The van der Waals surface area contributed by atoms with Gasteiger partial charge in [0.05, 0.1) is 34.1 Å². The fraction of sp³-hybridized carbons (Fsp3) is 0.174. The van der Waals surface area contributed by atoms with Crippen LogP contribution in [0.5, 0.6) is 5.75 Å². The lowest BCUT2D eigenvalue weighted by Crippen LogP contribution is -2.16. The average Bonchev–Trinajstić information content (AvgIpc) is 3.44. The van der Waals surface area contributed by atoms with E-state index in [1.807, 2.05) is 72.3 Å². The Hall–Kier alpha value is -2.81. The monoisotopic (exact) mass is 484 g/mol. The molecule has 164 valence electrons. The number of carbonyl (C=O) groups is 1. The van der Waals surface area contributed by atoms with Crippen molar-refractivity contribution in [2.45, 2.75) is 19.0 Å². The first-order valence-electron chi connectivity index (χ1n) is 9.80. The first-order chi connectivity index (χ1) is 15.5. The largest absolute Gasteiger partial charge is 0.495 e. The lowest BCUT2D eigenvalue weighted by molar-refractivity contribution is -0.113. The minimum Gasteiger partial charge on any atom is -0.495 e. The molecule has 4 rings (SSSR count). The molecular formula is C23H21ClN4O2S2. The van der Waals surface area contributed by atoms with Gasteiger partial charge >= 0.3 is 0 Å². The Bertz CT molecular complexity index is 1230. The number of halogens is 1. The Balaban J connectivity index is 1.61. The molecule has 0 aliphatic rings. The fourth-order valence-corrected chi connectivity index (χ4v) is 5.15. The molecule has 0 aliphatic carbocycles. The number of rotatable bonds is 7. The predicted molar refractivity (Wildman–Crippen MR) is 132 cm³/mol. The first kappa shape index (κ1) is 22.4. The maximum atomic E-state index is 12.7. The van der Waals surface area contributed by atoms with E-state index in [0.29, 0.717) is 27.4 Å². The van der Waals surface area contributed by atoms with Gasteiger partial charge in [-0.3, -0.25) is 9.36 Å². The summed E-state index contributed by atoms with van der Waals surface area (Å²) in [6.07, 6.45) is 0. The molecule has 0 atom stereocenters. The number of methoxy groups -OCH3 is 1. The Morgan fingerprint density at radius 3 is 2.72 bits per heavy atom. The van der Waals surface area contributed by atoms with E-state index in [4.69, 9.17) is 16.3 Å². The van der Waals surface area contributed by atoms with Crippen LogP contribution >= 0.6 is 34.7 Å². The molecule has 9 heteroatoms. The number of hydrogen-bond donors (Lipinski definition) is 1. The van der Waals surface area contributed by atoms with Crippen LogP contribution < -0.4 is 10.1 Å². The molecule has 0 bridgehead atoms. The van der Waals surface area contributed by atoms with E-state index in [2.05, 4.69) is 15.5 Å². The van der Waals surface area contributed by atoms with Gasteiger partial charge in [-0.05, 0) is 54.6 Å². The molecule has 0 unspecified atom stereocenters. The molecule has 1 N–H and O–H groups in total. The number of anilines is 1. The molecular weight excluding hydrogens is 464 g/mol. The Kier molecular flexibility index (Phi) is 6.83. The van der Waals surface area contributed by atoms with Crippen LogP contribution in [0.3, 0.4) is 0 Å². The number of nitrogens with zero attached hydrogens (tertiary/aromatic N) is 3. The Labute approximate surface area is 199 Å². The Morgan fingerprint density at radius 2 is 2.00 bits per heavy atom. The molecule has 4 aromatic rings. The smallest absolute Gasteiger partial charge is 0.234 e. The number of aromatic nitrogens is 3. The summed E-state index contributed by atoms with van der Waals surface area (Å²) >= 11 is 9.21. The molecule has 1 amide bonds. The lowest BCUT2D eigenvalue weighted by Gasteiger charge is -2.14. The number of hydrogen-bond acceptors (Lipinski definition) is 6. The number of thioether (sulfide) groups is 1. The van der Waals surface area contributed by atoms with Crippen LogP contribution in [-0.2, 0) is 4.79 Å². The third kappa shape index (κ3) is 4.67. The molecule has 0 fully saturated rings. The van der Waals surface area contributed by atoms with Crippen LogP contribution in [0, 0.1) is 13.8 Å². The van der Waals surface area contributed by atoms with Crippen LogP contribution in [0.4, 0.5) is 5.69 Å². The molecule has 32 heavy (non-hydrogen) atoms. The van der Waals surface area contributed by atoms with Crippen LogP contribution in [0.15, 0.2) is 59.1 Å². The van der Waals surface area contributed by atoms with Gasteiger partial charge in [-0.25, -0.2) is 0 Å². The molecule has 2 heterocycles. The second-order valence-electron chi connectivity index (χ2n) is 7.07. The fourth-order valence-electron chi connectivity index (χ4n) is 3.34. The number of aryl methyl sites for hydroxylation is 2. The topological polar surface area (TPSA) is 69.0 Å². The normalized spacial score (nSPS) is 10.9. The molecule has 0 aliphatic heterocycles. The lowest BCUT2D eigenvalue weighted by atomic mass is 10.1. The molecule has 2 aromatic carbocycles. The minimum absolute atomic E-state index is 0.154. The SMILES string of the molecule is COc1ccccc1-n1c(SCC(=O)Nc2c(C)cc(C)cc2Cl)nnc1-c1cccs1. The summed E-state index contributed by atoms with van der Waals surface area (Å²) < 4.78 is 7.48. The zero-order chi connectivity index (χ0) is 22.7. The third-order valence-electron chi connectivity index (χ3n) is 4.73. The van der Waals surface area contributed by atoms with Crippen LogP contribution in [0.1, 0.15) is 11.1 Å². The average molecular weight is 485 g/mol. The zero-order valence-corrected chi connectivity index (χ0v) is 20.1. The summed E-state index contributed by atoms with van der Waals surface area (Å²) in [6, 6.07) is 15.4. The van der Waals surface area contributed by atoms with E-state index < -0.39 is 0 Å². The van der Waals surface area contributed by atoms with Crippen LogP contribution in [0.25, 0.3) is 16.4 Å². The molecule has 0 spiro atoms. The molecule has 0 radical (unpaired) electrons. The maximum absolute atomic E-state index is 12.7. The number of thiophene rings is 1. The third-order valence-corrected chi connectivity index (χ3v) is 6.82. The summed E-state index contributed by atoms with van der Waals surface area (Å²) in [7, 11) is 1.63. The number of carbonyl (C=O) groups excluding carboxylic acids is 1. The van der Waals surface area contributed by atoms with Crippen molar-refractivity contribution in [1.82, 2.24) is 14.8 Å². The number of amides is 1. The van der Waals surface area contributed by atoms with Crippen molar-refractivity contribution in [2.75, 3.05) is 18.2 Å². The van der Waals surface area contributed by atoms with Crippen LogP contribution in [0.2, 0.25) is 5.02 Å². The van der Waals surface area contributed by atoms with Gasteiger partial charge in [-0.1, -0.05) is 47.6 Å². The highest BCUT2D eigenvalue weighted by atomic mass is 35.5. The number of benzene rings is 2. The molecule has 0 saturated heterocycles. The number of ether oxygens (including phenoxy) is 1. The molecule has 6 nitrogen and oxygen atoms in total. The maximum Gasteiger partial charge on any atom is 0.234 e. The van der Waals surface area contributed by atoms with Gasteiger partial charge in [0, 0.05) is 0 Å². The first-order valence-corrected chi connectivity index (χ1v) is 12.0. The second kappa shape index (κ2) is 9.77. The highest BCUT2D eigenvalue weighted by molar-refractivity contribution is 7.99. The van der Waals surface area contributed by atoms with Gasteiger partial charge < -0.3 is 10.1 Å². The highest BCUT2D eigenvalue weighted by Gasteiger charge is 2.20. The van der Waals surface area contributed by atoms with Gasteiger partial charge in [0.1, 0.15) is 5.75 Å². The molecule has 0 saturated carbocycles. The van der Waals surface area contributed by atoms with E-state index in [9.17, 15) is 4.79 Å². The van der Waals surface area contributed by atoms with Gasteiger partial charge in [0.25, 0.3) is 0 Å². The second-order valence-corrected chi connectivity index (χ2v) is 9.36. The van der Waals surface area contributed by atoms with E-state index in [1.165, 1.54) is 11.8 Å². The summed E-state index contributed by atoms with van der Waals surface area (Å²) in [5, 5.41) is 14.8. The van der Waals surface area contributed by atoms with Gasteiger partial charge in [-0.15, -0.1) is 21.5 Å². The quantitative estimate of drug-likeness (QED) is 0.325. The van der Waals surface area contributed by atoms with E-state index in [0.717, 1.165) is 21.7 Å². The summed E-state index contributed by atoms with van der Waals surface area (Å²) in [5.41, 5.74) is 3.41. The van der Waals surface area contributed by atoms with Crippen molar-refractivity contribution in [1.29, 1.82) is 0 Å². The van der Waals surface area contributed by atoms with Crippen molar-refractivity contribution in [3.63, 3.8) is 0 Å². The minimum atomic E-state index is -0.170. The standard InChI is InChI=1S/C23H21ClN4O2S2/c1-14-11-15(2)21(16(24)12-14)25-20(29)13-32-23-27-26-22(19-9-6-10-31-19)28(23)17-7-4-5-8-18(17)30-3/h4-12H,13H2,1-3H3,(H,25,29). The summed E-state index contributed by atoms with van der Waals surface area (Å²) in [4.78, 5) is 13.7. The van der Waals surface area contributed by atoms with Gasteiger partial charge in [0.15, 0.2) is 11.0 Å². The van der Waals surface area contributed by atoms with Crippen molar-refractivity contribution < 1.29 is 9.53 Å². The Morgan fingerprint density at radius 1 is 1.19 bits per heavy atom. The van der Waals surface area contributed by atoms with E-state index >= 15 is 0 Å². The number of para-hydroxylation sites is 2. The van der Waals surface area contributed by atoms with Crippen molar-refractivity contribution >= 4 is 46.3 Å². The molecule has 2 aromatic heterocycles. The van der Waals surface area contributed by atoms with Gasteiger partial charge in [0.2, 0.25) is 5.91 Å². The van der Waals surface area contributed by atoms with Crippen molar-refractivity contribution in [2.24, 2.45) is 0 Å². The van der Waals surface area contributed by atoms with E-state index in [1.54, 1.807) is 18.4 Å². The van der Waals surface area contributed by atoms with Crippen LogP contribution in [-0.4, -0.2) is 33.5 Å². The van der Waals surface area contributed by atoms with E-state index in [-0.39, 0.29) is 11.7 Å². The highest BCUT2D eigenvalue weighted by Crippen LogP contribution is 2.34. The number of nitrogens with one attached hydrogen (secondary N) is 1. The summed E-state index contributed by atoms with van der Waals surface area (Å²) in [5.74, 6) is 1.38. The summed E-state index contributed by atoms with van der Waals surface area (Å²) in [6.45, 7) is 3.89. The van der Waals surface area contributed by atoms with Crippen molar-refractivity contribution in [3.05, 3.63) is 70.1 Å². The van der Waals surface area contributed by atoms with Crippen molar-refractivity contribution in [3.8, 4) is 22.1 Å².